The maximum Gasteiger partial charge on any atom is 0.252 e. The molecule has 0 unspecified atom stereocenters. The van der Waals surface area contributed by atoms with Gasteiger partial charge in [-0.25, -0.2) is 0 Å². The molecule has 1 aromatic heterocycles. The summed E-state index contributed by atoms with van der Waals surface area (Å²) in [6, 6.07) is 1.83. The predicted molar refractivity (Wildman–Crippen MR) is 86.4 cm³/mol. The number of thiophene rings is 1. The van der Waals surface area contributed by atoms with Crippen LogP contribution < -0.4 is 5.32 Å². The summed E-state index contributed by atoms with van der Waals surface area (Å²) in [4.78, 5) is 13.1. The largest absolute Gasteiger partial charge is 0.395 e. The molecule has 2 rings (SSSR count). The van der Waals surface area contributed by atoms with Crippen molar-refractivity contribution >= 4 is 17.2 Å². The van der Waals surface area contributed by atoms with Crippen LogP contribution in [0, 0.1) is 17.3 Å². The first-order valence-corrected chi connectivity index (χ1v) is 8.47. The van der Waals surface area contributed by atoms with Crippen molar-refractivity contribution in [2.24, 2.45) is 5.41 Å². The van der Waals surface area contributed by atoms with Crippen LogP contribution in [0.1, 0.15) is 60.7 Å². The Labute approximate surface area is 130 Å². The van der Waals surface area contributed by atoms with Crippen LogP contribution in [0.5, 0.6) is 0 Å². The molecule has 0 atom stereocenters. The van der Waals surface area contributed by atoms with E-state index in [0.717, 1.165) is 11.4 Å². The molecule has 0 aliphatic heterocycles. The van der Waals surface area contributed by atoms with E-state index in [-0.39, 0.29) is 17.9 Å². The number of carbonyl (C=O) groups is 1. The first kappa shape index (κ1) is 16.1. The van der Waals surface area contributed by atoms with E-state index in [0.29, 0.717) is 12.0 Å². The zero-order valence-corrected chi connectivity index (χ0v) is 13.4. The second-order valence-corrected chi connectivity index (χ2v) is 6.94. The first-order chi connectivity index (χ1) is 10.1. The van der Waals surface area contributed by atoms with Gasteiger partial charge in [0.25, 0.3) is 5.91 Å². The van der Waals surface area contributed by atoms with Gasteiger partial charge in [0, 0.05) is 18.3 Å². The molecule has 4 heteroatoms. The van der Waals surface area contributed by atoms with Crippen molar-refractivity contribution in [1.29, 1.82) is 0 Å². The lowest BCUT2D eigenvalue weighted by molar-refractivity contribution is 0.0919. The Balaban J connectivity index is 1.87. The van der Waals surface area contributed by atoms with E-state index in [1.54, 1.807) is 0 Å². The molecular weight excluding hydrogens is 282 g/mol. The van der Waals surface area contributed by atoms with Gasteiger partial charge >= 0.3 is 0 Å². The molecule has 2 N–H and O–H groups in total. The first-order valence-electron chi connectivity index (χ1n) is 7.59. The van der Waals surface area contributed by atoms with E-state index < -0.39 is 0 Å². The number of rotatable bonds is 4. The molecule has 1 saturated carbocycles. The Hall–Kier alpha value is -1.31. The lowest BCUT2D eigenvalue weighted by atomic mass is 9.76. The summed E-state index contributed by atoms with van der Waals surface area (Å²) >= 11 is 1.47. The van der Waals surface area contributed by atoms with Crippen LogP contribution in [-0.4, -0.2) is 24.2 Å². The molecule has 1 amide bonds. The molecule has 0 saturated heterocycles. The minimum absolute atomic E-state index is 0.00624. The molecule has 1 aromatic rings. The van der Waals surface area contributed by atoms with Crippen LogP contribution in [0.15, 0.2) is 11.4 Å². The van der Waals surface area contributed by atoms with Gasteiger partial charge in [0.15, 0.2) is 0 Å². The van der Waals surface area contributed by atoms with Crippen LogP contribution in [0.2, 0.25) is 0 Å². The van der Waals surface area contributed by atoms with E-state index >= 15 is 0 Å². The summed E-state index contributed by atoms with van der Waals surface area (Å²) in [5, 5.41) is 13.6. The lowest BCUT2D eigenvalue weighted by Crippen LogP contribution is -2.36. The summed E-state index contributed by atoms with van der Waals surface area (Å²) in [5.41, 5.74) is 0.945. The summed E-state index contributed by atoms with van der Waals surface area (Å²) in [7, 11) is 0. The third-order valence-electron chi connectivity index (χ3n) is 4.05. The van der Waals surface area contributed by atoms with Gasteiger partial charge < -0.3 is 10.4 Å². The average molecular weight is 305 g/mol. The van der Waals surface area contributed by atoms with Crippen LogP contribution in [0.3, 0.4) is 0 Å². The molecule has 3 nitrogen and oxygen atoms in total. The lowest BCUT2D eigenvalue weighted by Gasteiger charge is -2.33. The average Bonchev–Trinajstić information content (AvgIpc) is 2.95. The molecule has 1 aliphatic rings. The minimum Gasteiger partial charge on any atom is -0.395 e. The Morgan fingerprint density at radius 2 is 2.19 bits per heavy atom. The van der Waals surface area contributed by atoms with E-state index in [1.807, 2.05) is 11.4 Å². The third kappa shape index (κ3) is 4.87. The molecule has 0 aromatic carbocycles. The fourth-order valence-electron chi connectivity index (χ4n) is 2.70. The summed E-state index contributed by atoms with van der Waals surface area (Å²) in [6.45, 7) is 3.10. The van der Waals surface area contributed by atoms with Gasteiger partial charge in [-0.3, -0.25) is 4.79 Å². The monoisotopic (exact) mass is 305 g/mol. The highest BCUT2D eigenvalue weighted by atomic mass is 32.1. The fraction of sp³-hybridized carbons (Fsp3) is 0.588. The smallest absolute Gasteiger partial charge is 0.252 e. The maximum absolute atomic E-state index is 12.2. The van der Waals surface area contributed by atoms with E-state index in [1.165, 1.54) is 43.4 Å². The SMILES string of the molecule is CC1(CNC(=O)c2csc(C#CCCO)c2)CCCCC1. The normalized spacial score (nSPS) is 16.9. The molecule has 1 fully saturated rings. The topological polar surface area (TPSA) is 49.3 Å². The maximum atomic E-state index is 12.2. The van der Waals surface area contributed by atoms with Crippen molar-refractivity contribution in [3.8, 4) is 11.8 Å². The van der Waals surface area contributed by atoms with Crippen molar-refractivity contribution < 1.29 is 9.90 Å². The Morgan fingerprint density at radius 1 is 1.43 bits per heavy atom. The quantitative estimate of drug-likeness (QED) is 0.839. The molecule has 1 aliphatic carbocycles. The predicted octanol–water partition coefficient (Wildman–Crippen LogP) is 3.18. The molecule has 0 radical (unpaired) electrons. The van der Waals surface area contributed by atoms with Gasteiger partial charge in [-0.2, -0.15) is 0 Å². The zero-order valence-electron chi connectivity index (χ0n) is 12.6. The van der Waals surface area contributed by atoms with Crippen LogP contribution in [0.25, 0.3) is 0 Å². The molecule has 114 valence electrons. The summed E-state index contributed by atoms with van der Waals surface area (Å²) < 4.78 is 0. The standard InChI is InChI=1S/C17H23NO2S/c1-17(8-4-2-5-9-17)13-18-16(20)14-11-15(21-12-14)7-3-6-10-19/h11-12,19H,2,4-6,8-10,13H2,1H3,(H,18,20). The van der Waals surface area contributed by atoms with E-state index in [4.69, 9.17) is 5.11 Å². The van der Waals surface area contributed by atoms with Gasteiger partial charge in [-0.05, 0) is 24.3 Å². The Morgan fingerprint density at radius 3 is 2.90 bits per heavy atom. The Bertz CT molecular complexity index is 532. The summed E-state index contributed by atoms with van der Waals surface area (Å²) in [5.74, 6) is 5.83. The number of hydrogen-bond acceptors (Lipinski definition) is 3. The molecule has 1 heterocycles. The second-order valence-electron chi connectivity index (χ2n) is 6.03. The van der Waals surface area contributed by atoms with Crippen LogP contribution >= 0.6 is 11.3 Å². The van der Waals surface area contributed by atoms with Gasteiger partial charge in [0.1, 0.15) is 0 Å². The number of hydrogen-bond donors (Lipinski definition) is 2. The van der Waals surface area contributed by atoms with Crippen molar-refractivity contribution in [3.05, 3.63) is 21.9 Å². The van der Waals surface area contributed by atoms with Crippen molar-refractivity contribution in [2.45, 2.75) is 45.4 Å². The van der Waals surface area contributed by atoms with Crippen LogP contribution in [-0.2, 0) is 0 Å². The fourth-order valence-corrected chi connectivity index (χ4v) is 3.46. The van der Waals surface area contributed by atoms with E-state index in [9.17, 15) is 4.79 Å². The Kier molecular flexibility index (Phi) is 5.84. The van der Waals surface area contributed by atoms with Crippen molar-refractivity contribution in [2.75, 3.05) is 13.2 Å². The number of carbonyl (C=O) groups excluding carboxylic acids is 1. The van der Waals surface area contributed by atoms with Gasteiger partial charge in [0.05, 0.1) is 17.0 Å². The van der Waals surface area contributed by atoms with E-state index in [2.05, 4.69) is 24.1 Å². The highest BCUT2D eigenvalue weighted by Gasteiger charge is 2.27. The van der Waals surface area contributed by atoms with Crippen molar-refractivity contribution in [3.63, 3.8) is 0 Å². The van der Waals surface area contributed by atoms with Crippen molar-refractivity contribution in [1.82, 2.24) is 5.32 Å². The van der Waals surface area contributed by atoms with Gasteiger partial charge in [-0.15, -0.1) is 11.3 Å². The zero-order chi connectivity index (χ0) is 15.1. The van der Waals surface area contributed by atoms with Gasteiger partial charge in [0.2, 0.25) is 0 Å². The minimum atomic E-state index is -0.00624. The van der Waals surface area contributed by atoms with Crippen LogP contribution in [0.4, 0.5) is 0 Å². The number of nitrogens with one attached hydrogen (secondary N) is 1. The third-order valence-corrected chi connectivity index (χ3v) is 4.89. The number of aliphatic hydroxyl groups is 1. The van der Waals surface area contributed by atoms with Gasteiger partial charge in [-0.1, -0.05) is 38.0 Å². The molecule has 0 spiro atoms. The second kappa shape index (κ2) is 7.63. The number of aliphatic hydroxyl groups excluding tert-OH is 1. The highest BCUT2D eigenvalue weighted by molar-refractivity contribution is 7.10. The molecule has 21 heavy (non-hydrogen) atoms. The molecule has 0 bridgehead atoms. The summed E-state index contributed by atoms with van der Waals surface area (Å²) in [6.07, 6.45) is 6.75. The highest BCUT2D eigenvalue weighted by Crippen LogP contribution is 2.35. The molecular formula is C17H23NO2S. The number of amides is 1.